The van der Waals surface area contributed by atoms with E-state index in [1.165, 1.54) is 12.1 Å². The van der Waals surface area contributed by atoms with Crippen molar-refractivity contribution in [3.63, 3.8) is 0 Å². The zero-order valence-electron chi connectivity index (χ0n) is 40.9. The molecule has 1 fully saturated rings. The molecule has 1 saturated heterocycles. The van der Waals surface area contributed by atoms with E-state index in [9.17, 15) is 62.6 Å². The van der Waals surface area contributed by atoms with Gasteiger partial charge in [-0.3, -0.25) is 57.5 Å². The van der Waals surface area contributed by atoms with Gasteiger partial charge in [0.15, 0.2) is 0 Å². The molecule has 7 atom stereocenters. The fraction of sp³-hybridized carbons (Fsp3) is 0.500. The van der Waals surface area contributed by atoms with Crippen LogP contribution >= 0.6 is 0 Å². The average molecular weight is 1010 g/mol. The van der Waals surface area contributed by atoms with Crippen molar-refractivity contribution in [1.29, 1.82) is 0 Å². The molecule has 2 aromatic rings. The first-order valence-corrected chi connectivity index (χ1v) is 23.3. The van der Waals surface area contributed by atoms with Crippen molar-refractivity contribution in [3.05, 3.63) is 60.2 Å². The topological polar surface area (TPSA) is 362 Å². The Morgan fingerprint density at radius 2 is 1.18 bits per heavy atom. The van der Waals surface area contributed by atoms with E-state index in [0.29, 0.717) is 11.5 Å². The molecular formula is C48H64N8O16. The van der Waals surface area contributed by atoms with E-state index in [2.05, 4.69) is 31.9 Å². The molecule has 0 bridgehead atoms. The van der Waals surface area contributed by atoms with E-state index < -0.39 is 151 Å². The molecule has 2 aromatic carbocycles. The Labute approximate surface area is 415 Å². The van der Waals surface area contributed by atoms with Crippen LogP contribution in [0.25, 0.3) is 0 Å². The quantitative estimate of drug-likeness (QED) is 0.0510. The predicted octanol–water partition coefficient (Wildman–Crippen LogP) is 0.234. The number of amides is 8. The average Bonchev–Trinajstić information content (AvgIpc) is 3.74. The van der Waals surface area contributed by atoms with Gasteiger partial charge in [-0.2, -0.15) is 0 Å². The number of ketones is 1. The normalized spacial score (nSPS) is 16.1. The summed E-state index contributed by atoms with van der Waals surface area (Å²) in [4.78, 5) is 156. The first-order chi connectivity index (χ1) is 33.9. The molecule has 24 nitrogen and oxygen atoms in total. The maximum atomic E-state index is 14.7. The molecule has 0 aliphatic carbocycles. The van der Waals surface area contributed by atoms with Crippen molar-refractivity contribution >= 4 is 70.9 Å². The second kappa shape index (κ2) is 28.1. The summed E-state index contributed by atoms with van der Waals surface area (Å²) in [6.45, 7) is 7.86. The van der Waals surface area contributed by atoms with Gasteiger partial charge in [0, 0.05) is 37.9 Å². The molecule has 0 saturated carbocycles. The molecule has 8 amide bonds. The number of aliphatic carboxylic acids is 3. The molecule has 1 heterocycles. The highest BCUT2D eigenvalue weighted by Gasteiger charge is 2.45. The van der Waals surface area contributed by atoms with Crippen LogP contribution in [0.15, 0.2) is 54.6 Å². The number of nitrogens with one attached hydrogen (secondary N) is 7. The zero-order valence-corrected chi connectivity index (χ0v) is 40.9. The lowest BCUT2D eigenvalue weighted by molar-refractivity contribution is -0.145. The smallest absolute Gasteiger partial charge is 0.322 e. The van der Waals surface area contributed by atoms with Gasteiger partial charge in [-0.05, 0) is 73.9 Å². The second-order valence-electron chi connectivity index (χ2n) is 17.8. The first-order valence-electron chi connectivity index (χ1n) is 23.3. The third-order valence-corrected chi connectivity index (χ3v) is 11.2. The molecule has 0 aromatic heterocycles. The minimum atomic E-state index is -1.60. The van der Waals surface area contributed by atoms with Crippen LogP contribution < -0.4 is 42.0 Å². The lowest BCUT2D eigenvalue weighted by Crippen LogP contribution is -2.61. The molecule has 7 unspecified atom stereocenters. The monoisotopic (exact) mass is 1010 g/mol. The molecule has 1 aliphatic heterocycles. The van der Waals surface area contributed by atoms with Crippen LogP contribution in [0.1, 0.15) is 96.8 Å². The minimum Gasteiger partial charge on any atom is -0.481 e. The van der Waals surface area contributed by atoms with Gasteiger partial charge in [0.05, 0.1) is 6.04 Å². The molecule has 3 rings (SSSR count). The molecule has 24 heteroatoms. The van der Waals surface area contributed by atoms with Crippen molar-refractivity contribution in [2.75, 3.05) is 13.1 Å². The van der Waals surface area contributed by atoms with Gasteiger partial charge in [-0.15, -0.1) is 0 Å². The van der Waals surface area contributed by atoms with Gasteiger partial charge in [0.25, 0.3) is 11.8 Å². The Hall–Kier alpha value is -7.92. The fourth-order valence-corrected chi connectivity index (χ4v) is 7.54. The molecule has 1 aliphatic rings. The highest BCUT2D eigenvalue weighted by molar-refractivity contribution is 6.38. The van der Waals surface area contributed by atoms with Crippen molar-refractivity contribution in [1.82, 2.24) is 42.1 Å². The SMILES string of the molecule is CCCC(NC(=O)C1CC(NC(=O)c2ccc(Oc3ccccc3)cc2)CN1C(=O)C(NC(=O)C(NC(=O)C(CCC(=O)O)NC(=O)C(CCC(=O)O)NC(C)=O)C(C)C)C(C)C)C(=O)C(=O)NCC(=O)O. The van der Waals surface area contributed by atoms with E-state index in [0.717, 1.165) is 11.8 Å². The van der Waals surface area contributed by atoms with Crippen molar-refractivity contribution < 1.29 is 77.6 Å². The summed E-state index contributed by atoms with van der Waals surface area (Å²) in [6.07, 6.45) is -2.00. The van der Waals surface area contributed by atoms with Crippen LogP contribution in [-0.4, -0.2) is 147 Å². The fourth-order valence-electron chi connectivity index (χ4n) is 7.54. The number of carboxylic acid groups (broad SMARTS) is 3. The molecular weight excluding hydrogens is 945 g/mol. The predicted molar refractivity (Wildman–Crippen MR) is 254 cm³/mol. The van der Waals surface area contributed by atoms with Gasteiger partial charge in [-0.1, -0.05) is 59.2 Å². The third-order valence-electron chi connectivity index (χ3n) is 11.2. The zero-order chi connectivity index (χ0) is 53.8. The molecule has 392 valence electrons. The summed E-state index contributed by atoms with van der Waals surface area (Å²) in [5.41, 5.74) is 0.201. The lowest BCUT2D eigenvalue weighted by atomic mass is 9.98. The highest BCUT2D eigenvalue weighted by Crippen LogP contribution is 2.24. The largest absolute Gasteiger partial charge is 0.481 e. The summed E-state index contributed by atoms with van der Waals surface area (Å²) in [7, 11) is 0. The Kier molecular flexibility index (Phi) is 22.8. The summed E-state index contributed by atoms with van der Waals surface area (Å²) >= 11 is 0. The number of hydrogen-bond acceptors (Lipinski definition) is 13. The van der Waals surface area contributed by atoms with Gasteiger partial charge in [0.1, 0.15) is 48.3 Å². The van der Waals surface area contributed by atoms with Crippen LogP contribution in [0.5, 0.6) is 11.5 Å². The van der Waals surface area contributed by atoms with Crippen molar-refractivity contribution in [2.24, 2.45) is 11.8 Å². The number of carbonyl (C=O) groups is 12. The Bertz CT molecular complexity index is 2310. The molecule has 0 spiro atoms. The Morgan fingerprint density at radius 1 is 0.639 bits per heavy atom. The number of rotatable bonds is 28. The minimum absolute atomic E-state index is 0.0513. The maximum absolute atomic E-state index is 14.7. The Balaban J connectivity index is 1.92. The Morgan fingerprint density at radius 3 is 1.71 bits per heavy atom. The molecule has 10 N–H and O–H groups in total. The van der Waals surface area contributed by atoms with Crippen LogP contribution in [0.2, 0.25) is 0 Å². The van der Waals surface area contributed by atoms with Gasteiger partial charge < -0.3 is 62.2 Å². The van der Waals surface area contributed by atoms with E-state index >= 15 is 0 Å². The standard InChI is InChI=1S/C48H64N8O16/c1-7-11-32(41(64)47(70)49-23-38(62)63)52-45(68)35-22-29(51-42(65)28-14-16-31(17-15-28)72-30-12-9-8-10-13-30)24-56(35)48(71)40(26(4)5)55-46(69)39(25(2)3)54-44(67)34(19-21-37(60)61)53-43(66)33(50-27(6)57)18-20-36(58)59/h8-10,12-17,25-26,29,32-35,39-40H,7,11,18-24H2,1-6H3,(H,49,70)(H,50,57)(H,51,65)(H,52,68)(H,53,66)(H,54,67)(H,55,69)(H,58,59)(H,60,61)(H,62,63). The van der Waals surface area contributed by atoms with Crippen LogP contribution in [0, 0.1) is 11.8 Å². The van der Waals surface area contributed by atoms with Crippen molar-refractivity contribution in [3.8, 4) is 11.5 Å². The summed E-state index contributed by atoms with van der Waals surface area (Å²) < 4.78 is 5.81. The van der Waals surface area contributed by atoms with Gasteiger partial charge >= 0.3 is 17.9 Å². The maximum Gasteiger partial charge on any atom is 0.322 e. The molecule has 0 radical (unpaired) electrons. The lowest BCUT2D eigenvalue weighted by Gasteiger charge is -2.33. The van der Waals surface area contributed by atoms with Crippen LogP contribution in [0.4, 0.5) is 0 Å². The van der Waals surface area contributed by atoms with Gasteiger partial charge in [0.2, 0.25) is 41.2 Å². The summed E-state index contributed by atoms with van der Waals surface area (Å²) in [5.74, 6) is -12.8. The number of carbonyl (C=O) groups excluding carboxylic acids is 9. The number of likely N-dealkylation sites (tertiary alicyclic amines) is 1. The van der Waals surface area contributed by atoms with Crippen LogP contribution in [-0.2, 0) is 52.7 Å². The number of para-hydroxylation sites is 1. The summed E-state index contributed by atoms with van der Waals surface area (Å²) in [5, 5.41) is 44.6. The first kappa shape index (κ1) is 58.4. The molecule has 72 heavy (non-hydrogen) atoms. The van der Waals surface area contributed by atoms with Gasteiger partial charge in [-0.25, -0.2) is 0 Å². The number of hydrogen-bond donors (Lipinski definition) is 10. The van der Waals surface area contributed by atoms with Crippen molar-refractivity contribution in [2.45, 2.75) is 129 Å². The third kappa shape index (κ3) is 18.4. The van der Waals surface area contributed by atoms with E-state index in [1.54, 1.807) is 71.0 Å². The number of nitrogens with zero attached hydrogens (tertiary/aromatic N) is 1. The number of benzene rings is 2. The highest BCUT2D eigenvalue weighted by atomic mass is 16.5. The van der Waals surface area contributed by atoms with E-state index in [1.807, 2.05) is 11.4 Å². The second-order valence-corrected chi connectivity index (χ2v) is 17.8. The van der Waals surface area contributed by atoms with E-state index in [4.69, 9.17) is 14.9 Å². The number of carboxylic acids is 3. The number of ether oxygens (including phenoxy) is 1. The summed E-state index contributed by atoms with van der Waals surface area (Å²) in [6, 6.07) is 5.45. The number of Topliss-reactive ketones (excluding diaryl/α,β-unsaturated/α-hetero) is 1. The van der Waals surface area contributed by atoms with E-state index in [-0.39, 0.29) is 37.8 Å². The van der Waals surface area contributed by atoms with Crippen LogP contribution in [0.3, 0.4) is 0 Å².